The quantitative estimate of drug-likeness (QED) is 0.483. The number of ether oxygens (including phenoxy) is 2. The first kappa shape index (κ1) is 26.1. The van der Waals surface area contributed by atoms with Gasteiger partial charge in [0.25, 0.3) is 0 Å². The van der Waals surface area contributed by atoms with Crippen LogP contribution in [0.2, 0.25) is 10.0 Å². The van der Waals surface area contributed by atoms with Crippen LogP contribution in [0, 0.1) is 0 Å². The maximum absolute atomic E-state index is 12.8. The Morgan fingerprint density at radius 3 is 2.38 bits per heavy atom. The van der Waals surface area contributed by atoms with Gasteiger partial charge in [-0.1, -0.05) is 29.3 Å². The van der Waals surface area contributed by atoms with Gasteiger partial charge >= 0.3 is 16.1 Å². The Hall–Kier alpha value is -2.20. The molecule has 8 nitrogen and oxygen atoms in total. The Kier molecular flexibility index (Phi) is 9.45. The molecule has 0 atom stereocenters. The first-order valence-corrected chi connectivity index (χ1v) is 11.8. The summed E-state index contributed by atoms with van der Waals surface area (Å²) in [6, 6.07) is 8.37. The predicted molar refractivity (Wildman–Crippen MR) is 123 cm³/mol. The fourth-order valence-electron chi connectivity index (χ4n) is 2.70. The average molecular weight is 505 g/mol. The van der Waals surface area contributed by atoms with E-state index in [1.165, 1.54) is 31.4 Å². The fraction of sp³-hybridized carbons (Fsp3) is 0.381. The van der Waals surface area contributed by atoms with Crippen molar-refractivity contribution in [1.82, 2.24) is 10.2 Å². The fourth-order valence-corrected chi connectivity index (χ4v) is 4.02. The summed E-state index contributed by atoms with van der Waals surface area (Å²) in [6.07, 6.45) is 0. The van der Waals surface area contributed by atoms with Gasteiger partial charge in [-0.25, -0.2) is 4.79 Å². The van der Waals surface area contributed by atoms with E-state index in [2.05, 4.69) is 5.32 Å². The van der Waals surface area contributed by atoms with E-state index in [1.807, 2.05) is 13.8 Å². The molecule has 2 aromatic carbocycles. The van der Waals surface area contributed by atoms with Gasteiger partial charge in [0.1, 0.15) is 4.90 Å². The predicted octanol–water partition coefficient (Wildman–Crippen LogP) is 4.34. The highest BCUT2D eigenvalue weighted by molar-refractivity contribution is 7.87. The highest BCUT2D eigenvalue weighted by atomic mass is 35.5. The zero-order chi connectivity index (χ0) is 23.9. The van der Waals surface area contributed by atoms with Crippen LogP contribution in [-0.2, 0) is 21.4 Å². The van der Waals surface area contributed by atoms with Crippen LogP contribution in [-0.4, -0.2) is 52.8 Å². The Morgan fingerprint density at radius 2 is 1.78 bits per heavy atom. The van der Waals surface area contributed by atoms with Crippen molar-refractivity contribution in [2.45, 2.75) is 31.3 Å². The van der Waals surface area contributed by atoms with Crippen LogP contribution in [0.25, 0.3) is 0 Å². The second kappa shape index (κ2) is 11.6. The third kappa shape index (κ3) is 7.16. The molecule has 2 rings (SSSR count). The number of carbonyl (C=O) groups excluding carboxylic acids is 1. The van der Waals surface area contributed by atoms with Crippen molar-refractivity contribution in [3.63, 3.8) is 0 Å². The average Bonchev–Trinajstić information content (AvgIpc) is 2.72. The van der Waals surface area contributed by atoms with E-state index in [1.54, 1.807) is 24.1 Å². The molecular weight excluding hydrogens is 479 g/mol. The molecule has 11 heteroatoms. The Labute approximate surface area is 198 Å². The summed E-state index contributed by atoms with van der Waals surface area (Å²) in [5, 5.41) is 3.14. The maximum Gasteiger partial charge on any atom is 0.339 e. The molecule has 2 amide bonds. The smallest absolute Gasteiger partial charge is 0.339 e. The lowest BCUT2D eigenvalue weighted by Gasteiger charge is -2.24. The van der Waals surface area contributed by atoms with Crippen LogP contribution in [0.5, 0.6) is 11.5 Å². The van der Waals surface area contributed by atoms with Crippen LogP contribution in [0.3, 0.4) is 0 Å². The number of carbonyl (C=O) groups is 1. The van der Waals surface area contributed by atoms with Crippen LogP contribution in [0.1, 0.15) is 19.4 Å². The van der Waals surface area contributed by atoms with Gasteiger partial charge in [0.2, 0.25) is 0 Å². The largest absolute Gasteiger partial charge is 0.493 e. The number of methoxy groups -OCH3 is 2. The second-order valence-electron chi connectivity index (χ2n) is 7.12. The number of halogens is 2. The summed E-state index contributed by atoms with van der Waals surface area (Å²) in [5.74, 6) is 0.194. The van der Waals surface area contributed by atoms with Crippen molar-refractivity contribution < 1.29 is 26.9 Å². The normalized spacial score (nSPS) is 11.3. The van der Waals surface area contributed by atoms with Crippen molar-refractivity contribution >= 4 is 39.4 Å². The number of nitrogens with one attached hydrogen (secondary N) is 1. The number of benzene rings is 2. The van der Waals surface area contributed by atoms with Gasteiger partial charge in [-0.2, -0.15) is 8.42 Å². The summed E-state index contributed by atoms with van der Waals surface area (Å²) in [5.41, 5.74) is 0.639. The molecule has 0 aromatic heterocycles. The summed E-state index contributed by atoms with van der Waals surface area (Å²) in [4.78, 5) is 13.9. The van der Waals surface area contributed by atoms with E-state index < -0.39 is 10.1 Å². The molecule has 0 fully saturated rings. The SMILES string of the molecule is COCCN(Cc1ccc(OC)c(OS(=O)(=O)c2ccc(Cl)c(Cl)c2)c1)C(=O)NC(C)C. The molecule has 0 aliphatic heterocycles. The highest BCUT2D eigenvalue weighted by Gasteiger charge is 2.22. The van der Waals surface area contributed by atoms with Gasteiger partial charge in [-0.05, 0) is 49.7 Å². The first-order valence-electron chi connectivity index (χ1n) is 9.68. The Balaban J connectivity index is 2.32. The van der Waals surface area contributed by atoms with E-state index in [4.69, 9.17) is 36.9 Å². The number of urea groups is 1. The Morgan fingerprint density at radius 1 is 1.06 bits per heavy atom. The number of amides is 2. The lowest BCUT2D eigenvalue weighted by molar-refractivity contribution is 0.145. The van der Waals surface area contributed by atoms with Gasteiger partial charge in [0.05, 0.1) is 23.8 Å². The minimum absolute atomic E-state index is 0.0213. The molecule has 0 heterocycles. The molecule has 0 bridgehead atoms. The van der Waals surface area contributed by atoms with Crippen molar-refractivity contribution in [2.75, 3.05) is 27.4 Å². The van der Waals surface area contributed by atoms with Crippen LogP contribution in [0.15, 0.2) is 41.3 Å². The molecule has 0 aliphatic rings. The number of hydrogen-bond donors (Lipinski definition) is 1. The minimum Gasteiger partial charge on any atom is -0.493 e. The molecule has 32 heavy (non-hydrogen) atoms. The first-order chi connectivity index (χ1) is 15.1. The summed E-state index contributed by atoms with van der Waals surface area (Å²) >= 11 is 11.8. The van der Waals surface area contributed by atoms with Crippen molar-refractivity contribution in [3.05, 3.63) is 52.0 Å². The molecule has 0 aliphatic carbocycles. The molecule has 0 saturated heterocycles. The van der Waals surface area contributed by atoms with Gasteiger partial charge in [0, 0.05) is 26.2 Å². The summed E-state index contributed by atoms with van der Waals surface area (Å²) in [7, 11) is -1.27. The zero-order valence-corrected chi connectivity index (χ0v) is 20.6. The maximum atomic E-state index is 12.8. The van der Waals surface area contributed by atoms with Gasteiger partial charge < -0.3 is 23.9 Å². The molecular formula is C21H26Cl2N2O6S. The third-order valence-electron chi connectivity index (χ3n) is 4.25. The molecule has 0 spiro atoms. The highest BCUT2D eigenvalue weighted by Crippen LogP contribution is 2.32. The molecule has 176 valence electrons. The van der Waals surface area contributed by atoms with Crippen molar-refractivity contribution in [3.8, 4) is 11.5 Å². The molecule has 1 N–H and O–H groups in total. The van der Waals surface area contributed by atoms with Crippen LogP contribution < -0.4 is 14.2 Å². The summed E-state index contributed by atoms with van der Waals surface area (Å²) in [6.45, 7) is 4.61. The summed E-state index contributed by atoms with van der Waals surface area (Å²) < 4.78 is 41.2. The van der Waals surface area contributed by atoms with Gasteiger partial charge in [0.15, 0.2) is 11.5 Å². The van der Waals surface area contributed by atoms with Crippen LogP contribution in [0.4, 0.5) is 4.79 Å². The van der Waals surface area contributed by atoms with E-state index in [0.717, 1.165) is 0 Å². The lowest BCUT2D eigenvalue weighted by atomic mass is 10.2. The number of nitrogens with zero attached hydrogens (tertiary/aromatic N) is 1. The standard InChI is InChI=1S/C21H26Cl2N2O6S/c1-14(2)24-21(26)25(9-10-29-3)13-15-5-8-19(30-4)20(11-15)31-32(27,28)16-6-7-17(22)18(23)12-16/h5-8,11-12,14H,9-10,13H2,1-4H3,(H,24,26). The molecule has 0 saturated carbocycles. The third-order valence-corrected chi connectivity index (χ3v) is 6.21. The van der Waals surface area contributed by atoms with Gasteiger partial charge in [-0.15, -0.1) is 0 Å². The van der Waals surface area contributed by atoms with E-state index in [9.17, 15) is 13.2 Å². The van der Waals surface area contributed by atoms with E-state index in [0.29, 0.717) is 18.7 Å². The number of hydrogen-bond acceptors (Lipinski definition) is 6. The monoisotopic (exact) mass is 504 g/mol. The molecule has 0 unspecified atom stereocenters. The van der Waals surface area contributed by atoms with Gasteiger partial charge in [-0.3, -0.25) is 0 Å². The van der Waals surface area contributed by atoms with Crippen LogP contribution >= 0.6 is 23.2 Å². The van der Waals surface area contributed by atoms with E-state index in [-0.39, 0.29) is 45.1 Å². The topological polar surface area (TPSA) is 94.2 Å². The van der Waals surface area contributed by atoms with E-state index >= 15 is 0 Å². The Bertz CT molecular complexity index is 1050. The van der Waals surface area contributed by atoms with Crippen molar-refractivity contribution in [2.24, 2.45) is 0 Å². The lowest BCUT2D eigenvalue weighted by Crippen LogP contribution is -2.43. The number of rotatable bonds is 10. The molecule has 2 aromatic rings. The molecule has 0 radical (unpaired) electrons. The minimum atomic E-state index is -4.21. The second-order valence-corrected chi connectivity index (χ2v) is 9.48. The van der Waals surface area contributed by atoms with Crippen molar-refractivity contribution in [1.29, 1.82) is 0 Å². The zero-order valence-electron chi connectivity index (χ0n) is 18.2.